The summed E-state index contributed by atoms with van der Waals surface area (Å²) in [6, 6.07) is 24.7. The lowest BCUT2D eigenvalue weighted by atomic mass is 10.1. The molecule has 1 unspecified atom stereocenters. The van der Waals surface area contributed by atoms with Gasteiger partial charge in [0.1, 0.15) is 17.5 Å². The molecule has 1 atom stereocenters. The Labute approximate surface area is 207 Å². The van der Waals surface area contributed by atoms with Crippen LogP contribution >= 0.6 is 11.3 Å². The minimum atomic E-state index is -0.597. The third-order valence-electron chi connectivity index (χ3n) is 5.43. The van der Waals surface area contributed by atoms with Gasteiger partial charge in [0.15, 0.2) is 0 Å². The monoisotopic (exact) mass is 478 g/mol. The summed E-state index contributed by atoms with van der Waals surface area (Å²) < 4.78 is 6.81. The molecule has 5 rings (SSSR count). The molecular formula is C27H22N6OS. The predicted octanol–water partition coefficient (Wildman–Crippen LogP) is 5.01. The number of hydrogen-bond donors (Lipinski definition) is 1. The maximum atomic E-state index is 9.80. The lowest BCUT2D eigenvalue weighted by molar-refractivity contribution is 0.279. The maximum Gasteiger partial charge on any atom is 0.316 e. The van der Waals surface area contributed by atoms with Gasteiger partial charge in [-0.25, -0.2) is 9.97 Å². The molecule has 5 aromatic rings. The van der Waals surface area contributed by atoms with E-state index in [9.17, 15) is 5.26 Å². The molecule has 7 nitrogen and oxygen atoms in total. The van der Waals surface area contributed by atoms with E-state index in [4.69, 9.17) is 4.74 Å². The zero-order valence-electron chi connectivity index (χ0n) is 18.8. The lowest BCUT2D eigenvalue weighted by Gasteiger charge is -2.09. The second kappa shape index (κ2) is 10.8. The summed E-state index contributed by atoms with van der Waals surface area (Å²) in [5.74, 6) is -0.597. The summed E-state index contributed by atoms with van der Waals surface area (Å²) in [6.45, 7) is 1.96. The second-order valence-corrected chi connectivity index (χ2v) is 8.98. The summed E-state index contributed by atoms with van der Waals surface area (Å²) in [5.41, 5.74) is 4.81. The molecule has 8 heteroatoms. The number of thiazole rings is 1. The third kappa shape index (κ3) is 5.66. The van der Waals surface area contributed by atoms with E-state index in [2.05, 4.69) is 55.6 Å². The van der Waals surface area contributed by atoms with Gasteiger partial charge in [-0.2, -0.15) is 10.2 Å². The standard InChI is InChI=1S/C27H22N6OS/c28-14-22(26-32-24-17-29-12-11-25(24)35-26)23-10-13-31-27(33-23)34-18-21-8-6-20(7-9-21)16-30-15-19-4-2-1-3-5-19/h1-13,17,22,30H,15-16,18H2. The average molecular weight is 479 g/mol. The van der Waals surface area contributed by atoms with Crippen LogP contribution < -0.4 is 10.1 Å². The molecule has 35 heavy (non-hydrogen) atoms. The molecule has 0 amide bonds. The van der Waals surface area contributed by atoms with Gasteiger partial charge in [0, 0.05) is 25.5 Å². The minimum Gasteiger partial charge on any atom is -0.459 e. The predicted molar refractivity (Wildman–Crippen MR) is 135 cm³/mol. The van der Waals surface area contributed by atoms with Crippen LogP contribution in [0.2, 0.25) is 0 Å². The van der Waals surface area contributed by atoms with Crippen molar-refractivity contribution in [2.75, 3.05) is 0 Å². The fraction of sp³-hybridized carbons (Fsp3) is 0.148. The Morgan fingerprint density at radius 2 is 1.66 bits per heavy atom. The van der Waals surface area contributed by atoms with E-state index in [1.54, 1.807) is 24.7 Å². The molecule has 0 radical (unpaired) electrons. The first-order valence-corrected chi connectivity index (χ1v) is 12.0. The van der Waals surface area contributed by atoms with Crippen LogP contribution in [-0.4, -0.2) is 19.9 Å². The van der Waals surface area contributed by atoms with E-state index in [0.29, 0.717) is 17.3 Å². The molecule has 3 aromatic heterocycles. The van der Waals surface area contributed by atoms with Crippen LogP contribution in [0.15, 0.2) is 85.3 Å². The van der Waals surface area contributed by atoms with Crippen LogP contribution in [0.4, 0.5) is 0 Å². The Morgan fingerprint density at radius 1 is 0.886 bits per heavy atom. The van der Waals surface area contributed by atoms with Crippen LogP contribution in [0.5, 0.6) is 6.01 Å². The number of hydrogen-bond acceptors (Lipinski definition) is 8. The molecule has 0 bridgehead atoms. The van der Waals surface area contributed by atoms with Crippen LogP contribution in [0, 0.1) is 11.3 Å². The number of pyridine rings is 1. The van der Waals surface area contributed by atoms with Crippen molar-refractivity contribution in [2.45, 2.75) is 25.6 Å². The van der Waals surface area contributed by atoms with E-state index in [1.165, 1.54) is 22.5 Å². The molecule has 2 aromatic carbocycles. The summed E-state index contributed by atoms with van der Waals surface area (Å²) in [7, 11) is 0. The zero-order valence-corrected chi connectivity index (χ0v) is 19.7. The molecule has 0 saturated heterocycles. The van der Waals surface area contributed by atoms with Crippen molar-refractivity contribution in [1.29, 1.82) is 5.26 Å². The smallest absolute Gasteiger partial charge is 0.316 e. The van der Waals surface area contributed by atoms with Gasteiger partial charge in [-0.1, -0.05) is 54.6 Å². The second-order valence-electron chi connectivity index (χ2n) is 7.92. The number of rotatable bonds is 9. The average Bonchev–Trinajstić information content (AvgIpc) is 3.33. The zero-order chi connectivity index (χ0) is 23.9. The molecule has 0 aliphatic heterocycles. The Morgan fingerprint density at radius 3 is 2.43 bits per heavy atom. The highest BCUT2D eigenvalue weighted by Gasteiger charge is 2.20. The van der Waals surface area contributed by atoms with Gasteiger partial charge >= 0.3 is 6.01 Å². The molecule has 0 aliphatic carbocycles. The first-order chi connectivity index (χ1) is 17.3. The number of nitrogens with one attached hydrogen (secondary N) is 1. The van der Waals surface area contributed by atoms with E-state index < -0.39 is 5.92 Å². The van der Waals surface area contributed by atoms with Gasteiger partial charge in [0.05, 0.1) is 28.2 Å². The van der Waals surface area contributed by atoms with Crippen LogP contribution in [0.1, 0.15) is 33.3 Å². The van der Waals surface area contributed by atoms with Crippen LogP contribution in [-0.2, 0) is 19.7 Å². The highest BCUT2D eigenvalue weighted by Crippen LogP contribution is 2.30. The van der Waals surface area contributed by atoms with Crippen molar-refractivity contribution >= 4 is 21.6 Å². The highest BCUT2D eigenvalue weighted by molar-refractivity contribution is 7.18. The maximum absolute atomic E-state index is 9.80. The summed E-state index contributed by atoms with van der Waals surface area (Å²) >= 11 is 1.47. The summed E-state index contributed by atoms with van der Waals surface area (Å²) in [4.78, 5) is 17.3. The quantitative estimate of drug-likeness (QED) is 0.318. The number of fused-ring (bicyclic) bond motifs is 1. The largest absolute Gasteiger partial charge is 0.459 e. The van der Waals surface area contributed by atoms with Gasteiger partial charge in [-0.3, -0.25) is 4.98 Å². The Hall–Kier alpha value is -4.19. The first-order valence-electron chi connectivity index (χ1n) is 11.2. The van der Waals surface area contributed by atoms with Gasteiger partial charge in [-0.05, 0) is 28.8 Å². The third-order valence-corrected chi connectivity index (χ3v) is 6.53. The van der Waals surface area contributed by atoms with Crippen molar-refractivity contribution in [3.05, 3.63) is 113 Å². The molecule has 0 aliphatic rings. The van der Waals surface area contributed by atoms with Crippen molar-refractivity contribution in [2.24, 2.45) is 0 Å². The van der Waals surface area contributed by atoms with Gasteiger partial charge in [0.25, 0.3) is 0 Å². The van der Waals surface area contributed by atoms with Crippen LogP contribution in [0.3, 0.4) is 0 Å². The molecule has 3 heterocycles. The van der Waals surface area contributed by atoms with E-state index in [-0.39, 0.29) is 6.01 Å². The number of benzene rings is 2. The highest BCUT2D eigenvalue weighted by atomic mass is 32.1. The van der Waals surface area contributed by atoms with Crippen molar-refractivity contribution in [1.82, 2.24) is 25.3 Å². The van der Waals surface area contributed by atoms with Crippen molar-refractivity contribution in [3.8, 4) is 12.1 Å². The van der Waals surface area contributed by atoms with E-state index in [0.717, 1.165) is 28.9 Å². The summed E-state index contributed by atoms with van der Waals surface area (Å²) in [5, 5.41) is 13.9. The Balaban J connectivity index is 1.19. The first kappa shape index (κ1) is 22.6. The molecule has 1 N–H and O–H groups in total. The number of nitriles is 1. The fourth-order valence-electron chi connectivity index (χ4n) is 3.60. The van der Waals surface area contributed by atoms with Gasteiger partial charge in [0.2, 0.25) is 0 Å². The molecule has 172 valence electrons. The minimum absolute atomic E-state index is 0.235. The van der Waals surface area contributed by atoms with Crippen molar-refractivity contribution in [3.63, 3.8) is 0 Å². The normalized spacial score (nSPS) is 11.7. The molecule has 0 spiro atoms. The number of nitrogens with zero attached hydrogens (tertiary/aromatic N) is 5. The topological polar surface area (TPSA) is 96.6 Å². The van der Waals surface area contributed by atoms with Gasteiger partial charge < -0.3 is 10.1 Å². The lowest BCUT2D eigenvalue weighted by Crippen LogP contribution is -2.12. The molecular weight excluding hydrogens is 456 g/mol. The number of aromatic nitrogens is 4. The molecule has 0 fully saturated rings. The molecule has 0 saturated carbocycles. The summed E-state index contributed by atoms with van der Waals surface area (Å²) in [6.07, 6.45) is 5.03. The van der Waals surface area contributed by atoms with Gasteiger partial charge in [-0.15, -0.1) is 11.3 Å². The fourth-order valence-corrected chi connectivity index (χ4v) is 4.59. The Kier molecular flexibility index (Phi) is 6.99. The van der Waals surface area contributed by atoms with E-state index in [1.807, 2.05) is 36.4 Å². The SMILES string of the molecule is N#CC(c1ccnc(OCc2ccc(CNCc3ccccc3)cc2)n1)c1nc2cnccc2s1. The van der Waals surface area contributed by atoms with E-state index >= 15 is 0 Å². The number of ether oxygens (including phenoxy) is 1. The van der Waals surface area contributed by atoms with Crippen molar-refractivity contribution < 1.29 is 4.74 Å². The van der Waals surface area contributed by atoms with Crippen LogP contribution in [0.25, 0.3) is 10.2 Å². The Bertz CT molecular complexity index is 1410.